The number of hydrogen-bond acceptors (Lipinski definition) is 4. The van der Waals surface area contributed by atoms with Gasteiger partial charge in [0.25, 0.3) is 5.56 Å². The van der Waals surface area contributed by atoms with Gasteiger partial charge in [0.15, 0.2) is 0 Å². The first-order valence-corrected chi connectivity index (χ1v) is 8.18. The third-order valence-electron chi connectivity index (χ3n) is 4.08. The number of hydrogen-bond donors (Lipinski definition) is 1. The molecule has 0 aliphatic heterocycles. The predicted molar refractivity (Wildman–Crippen MR) is 83.3 cm³/mol. The van der Waals surface area contributed by atoms with Gasteiger partial charge in [0.2, 0.25) is 0 Å². The van der Waals surface area contributed by atoms with Crippen molar-refractivity contribution in [2.75, 3.05) is 12.8 Å². The van der Waals surface area contributed by atoms with Crippen LogP contribution in [0.3, 0.4) is 0 Å². The summed E-state index contributed by atoms with van der Waals surface area (Å²) in [6.45, 7) is 1.65. The van der Waals surface area contributed by atoms with Crippen molar-refractivity contribution >= 4 is 17.4 Å². The first-order chi connectivity index (χ1) is 9.72. The normalized spacial score (nSPS) is 17.1. The van der Waals surface area contributed by atoms with Gasteiger partial charge >= 0.3 is 0 Å². The van der Waals surface area contributed by atoms with E-state index in [1.807, 2.05) is 30.0 Å². The predicted octanol–water partition coefficient (Wildman–Crippen LogP) is 2.07. The van der Waals surface area contributed by atoms with Gasteiger partial charge in [-0.05, 0) is 31.2 Å². The maximum Gasteiger partial charge on any atom is 0.258 e. The summed E-state index contributed by atoms with van der Waals surface area (Å²) < 4.78 is 1.98. The summed E-state index contributed by atoms with van der Waals surface area (Å²) in [7, 11) is 0. The molecular formula is C15H19N3OS. The van der Waals surface area contributed by atoms with E-state index in [-0.39, 0.29) is 5.56 Å². The lowest BCUT2D eigenvalue weighted by atomic mass is 9.84. The van der Waals surface area contributed by atoms with Crippen molar-refractivity contribution in [3.8, 4) is 0 Å². The van der Waals surface area contributed by atoms with E-state index in [9.17, 15) is 4.79 Å². The average Bonchev–Trinajstić information content (AvgIpc) is 2.42. The minimum Gasteiger partial charge on any atom is -0.310 e. The van der Waals surface area contributed by atoms with Crippen LogP contribution in [0.5, 0.6) is 0 Å². The fraction of sp³-hybridized carbons (Fsp3) is 0.467. The third kappa shape index (κ3) is 2.60. The first-order valence-electron chi connectivity index (χ1n) is 6.96. The van der Waals surface area contributed by atoms with E-state index in [0.717, 1.165) is 12.2 Å². The molecular weight excluding hydrogens is 270 g/mol. The van der Waals surface area contributed by atoms with Gasteiger partial charge in [-0.2, -0.15) is 11.8 Å². The number of thioether (sulfide) groups is 1. The molecule has 0 saturated heterocycles. The molecule has 2 aromatic rings. The van der Waals surface area contributed by atoms with Crippen molar-refractivity contribution < 1.29 is 0 Å². The fourth-order valence-corrected chi connectivity index (χ4v) is 3.58. The molecule has 0 radical (unpaired) electrons. The maximum atomic E-state index is 12.0. The minimum atomic E-state index is -0.0179. The molecule has 0 bridgehead atoms. The van der Waals surface area contributed by atoms with Gasteiger partial charge in [-0.1, -0.05) is 12.5 Å². The van der Waals surface area contributed by atoms with Crippen molar-refractivity contribution in [1.82, 2.24) is 14.7 Å². The Bertz CT molecular complexity index is 658. The molecule has 0 spiro atoms. The zero-order valence-corrected chi connectivity index (χ0v) is 12.4. The van der Waals surface area contributed by atoms with Crippen LogP contribution in [0.15, 0.2) is 35.3 Å². The highest BCUT2D eigenvalue weighted by Gasteiger charge is 2.35. The Morgan fingerprint density at radius 3 is 3.00 bits per heavy atom. The maximum absolute atomic E-state index is 12.0. The monoisotopic (exact) mass is 289 g/mol. The van der Waals surface area contributed by atoms with Gasteiger partial charge in [-0.3, -0.25) is 9.20 Å². The van der Waals surface area contributed by atoms with Crippen LogP contribution in [0, 0.1) is 0 Å². The summed E-state index contributed by atoms with van der Waals surface area (Å²) in [6, 6.07) is 7.22. The summed E-state index contributed by atoms with van der Waals surface area (Å²) in [5.41, 5.74) is 1.51. The van der Waals surface area contributed by atoms with E-state index < -0.39 is 0 Å². The molecule has 1 aliphatic carbocycles. The zero-order chi connectivity index (χ0) is 14.0. The topological polar surface area (TPSA) is 46.4 Å². The van der Waals surface area contributed by atoms with Gasteiger partial charge in [0.05, 0.1) is 5.69 Å². The van der Waals surface area contributed by atoms with Crippen LogP contribution >= 0.6 is 11.8 Å². The quantitative estimate of drug-likeness (QED) is 0.915. The molecule has 4 nitrogen and oxygen atoms in total. The van der Waals surface area contributed by atoms with E-state index in [1.54, 1.807) is 16.7 Å². The van der Waals surface area contributed by atoms with Crippen molar-refractivity contribution in [1.29, 1.82) is 0 Å². The standard InChI is InChI=1S/C15H19N3OS/c1-20-15(6-4-7-15)11-16-10-12-9-14(19)18-8-3-2-5-13(18)17-12/h2-3,5,8-9,16H,4,6-7,10-11H2,1H3. The molecule has 0 aromatic carbocycles. The van der Waals surface area contributed by atoms with Crippen LogP contribution in [-0.4, -0.2) is 26.9 Å². The van der Waals surface area contributed by atoms with E-state index >= 15 is 0 Å². The summed E-state index contributed by atoms with van der Waals surface area (Å²) in [4.78, 5) is 16.5. The number of nitrogens with zero attached hydrogens (tertiary/aromatic N) is 2. The molecule has 106 valence electrons. The Hall–Kier alpha value is -1.33. The summed E-state index contributed by atoms with van der Waals surface area (Å²) >= 11 is 1.95. The molecule has 2 aromatic heterocycles. The molecule has 2 heterocycles. The summed E-state index contributed by atoms with van der Waals surface area (Å²) in [5.74, 6) is 0. The Balaban J connectivity index is 1.70. The largest absolute Gasteiger partial charge is 0.310 e. The van der Waals surface area contributed by atoms with Crippen molar-refractivity contribution in [2.24, 2.45) is 0 Å². The number of pyridine rings is 1. The van der Waals surface area contributed by atoms with E-state index in [0.29, 0.717) is 16.9 Å². The fourth-order valence-electron chi connectivity index (χ4n) is 2.64. The Morgan fingerprint density at radius 1 is 1.45 bits per heavy atom. The van der Waals surface area contributed by atoms with Crippen LogP contribution in [0.2, 0.25) is 0 Å². The molecule has 1 saturated carbocycles. The van der Waals surface area contributed by atoms with Crippen LogP contribution < -0.4 is 10.9 Å². The molecule has 0 amide bonds. The number of aromatic nitrogens is 2. The Kier molecular flexibility index (Phi) is 3.81. The highest BCUT2D eigenvalue weighted by atomic mass is 32.2. The molecule has 3 rings (SSSR count). The highest BCUT2D eigenvalue weighted by Crippen LogP contribution is 2.42. The second-order valence-corrected chi connectivity index (χ2v) is 6.63. The lowest BCUT2D eigenvalue weighted by Gasteiger charge is -2.40. The zero-order valence-electron chi connectivity index (χ0n) is 11.6. The molecule has 1 fully saturated rings. The SMILES string of the molecule is CSC1(CNCc2cc(=O)n3ccccc3n2)CCC1. The second kappa shape index (κ2) is 5.58. The van der Waals surface area contributed by atoms with Gasteiger partial charge in [-0.15, -0.1) is 0 Å². The van der Waals surface area contributed by atoms with E-state index in [2.05, 4.69) is 16.6 Å². The number of fused-ring (bicyclic) bond motifs is 1. The van der Waals surface area contributed by atoms with E-state index in [1.165, 1.54) is 19.3 Å². The smallest absolute Gasteiger partial charge is 0.258 e. The number of rotatable bonds is 5. The molecule has 1 N–H and O–H groups in total. The highest BCUT2D eigenvalue weighted by molar-refractivity contribution is 8.00. The van der Waals surface area contributed by atoms with Crippen LogP contribution in [-0.2, 0) is 6.54 Å². The van der Waals surface area contributed by atoms with Crippen LogP contribution in [0.1, 0.15) is 25.0 Å². The second-order valence-electron chi connectivity index (χ2n) is 5.36. The molecule has 5 heteroatoms. The summed E-state index contributed by atoms with van der Waals surface area (Å²) in [5, 5.41) is 3.46. The van der Waals surface area contributed by atoms with E-state index in [4.69, 9.17) is 0 Å². The summed E-state index contributed by atoms with van der Waals surface area (Å²) in [6.07, 6.45) is 7.84. The van der Waals surface area contributed by atoms with Gasteiger partial charge in [-0.25, -0.2) is 4.98 Å². The molecule has 0 atom stereocenters. The molecule has 0 unspecified atom stereocenters. The van der Waals surface area contributed by atoms with Crippen molar-refractivity contribution in [2.45, 2.75) is 30.6 Å². The van der Waals surface area contributed by atoms with Crippen molar-refractivity contribution in [3.05, 3.63) is 46.5 Å². The van der Waals surface area contributed by atoms with Gasteiger partial charge < -0.3 is 5.32 Å². The molecule has 1 aliphatic rings. The average molecular weight is 289 g/mol. The van der Waals surface area contributed by atoms with Gasteiger partial charge in [0.1, 0.15) is 5.65 Å². The van der Waals surface area contributed by atoms with Gasteiger partial charge in [0, 0.05) is 30.1 Å². The van der Waals surface area contributed by atoms with Crippen LogP contribution in [0.25, 0.3) is 5.65 Å². The third-order valence-corrected chi connectivity index (χ3v) is 5.49. The van der Waals surface area contributed by atoms with Crippen molar-refractivity contribution in [3.63, 3.8) is 0 Å². The molecule has 20 heavy (non-hydrogen) atoms. The Labute approximate surface area is 122 Å². The minimum absolute atomic E-state index is 0.0179. The Morgan fingerprint density at radius 2 is 2.30 bits per heavy atom. The number of nitrogens with one attached hydrogen (secondary N) is 1. The lowest BCUT2D eigenvalue weighted by Crippen LogP contribution is -2.43. The first kappa shape index (κ1) is 13.6. The lowest BCUT2D eigenvalue weighted by molar-refractivity contribution is 0.345. The van der Waals surface area contributed by atoms with Crippen LogP contribution in [0.4, 0.5) is 0 Å².